The minimum atomic E-state index is 0.468. The first-order valence-corrected chi connectivity index (χ1v) is 6.02. The molecule has 17 heavy (non-hydrogen) atoms. The average molecular weight is 234 g/mol. The van der Waals surface area contributed by atoms with Gasteiger partial charge in [-0.25, -0.2) is 0 Å². The van der Waals surface area contributed by atoms with Gasteiger partial charge in [-0.1, -0.05) is 6.07 Å². The van der Waals surface area contributed by atoms with Gasteiger partial charge in [0, 0.05) is 19.5 Å². The Balaban J connectivity index is 2.03. The number of anilines is 2. The van der Waals surface area contributed by atoms with E-state index in [0.29, 0.717) is 12.0 Å². The van der Waals surface area contributed by atoms with Gasteiger partial charge in [0.25, 0.3) is 0 Å². The zero-order chi connectivity index (χ0) is 11.8. The van der Waals surface area contributed by atoms with Crippen molar-refractivity contribution < 1.29 is 9.47 Å². The molecule has 0 spiro atoms. The van der Waals surface area contributed by atoms with Crippen molar-refractivity contribution in [2.45, 2.75) is 6.04 Å². The van der Waals surface area contributed by atoms with Crippen molar-refractivity contribution in [1.29, 1.82) is 0 Å². The maximum Gasteiger partial charge on any atom is 0.144 e. The summed E-state index contributed by atoms with van der Waals surface area (Å²) in [5, 5.41) is 3.50. The maximum atomic E-state index is 5.58. The summed E-state index contributed by atoms with van der Waals surface area (Å²) in [5.74, 6) is 1.47. The smallest absolute Gasteiger partial charge is 0.144 e. The summed E-state index contributed by atoms with van der Waals surface area (Å²) in [5.41, 5.74) is 2.30. The van der Waals surface area contributed by atoms with Crippen molar-refractivity contribution in [2.24, 2.45) is 5.92 Å². The molecule has 2 atom stereocenters. The predicted molar refractivity (Wildman–Crippen MR) is 68.0 cm³/mol. The summed E-state index contributed by atoms with van der Waals surface area (Å²) in [6, 6.07) is 6.63. The highest BCUT2D eigenvalue weighted by molar-refractivity contribution is 5.77. The molecule has 2 unspecified atom stereocenters. The first-order valence-electron chi connectivity index (χ1n) is 6.02. The van der Waals surface area contributed by atoms with Crippen molar-refractivity contribution >= 4 is 11.4 Å². The van der Waals surface area contributed by atoms with E-state index >= 15 is 0 Å². The largest absolute Gasteiger partial charge is 0.495 e. The number of methoxy groups -OCH3 is 1. The van der Waals surface area contributed by atoms with Crippen LogP contribution in [-0.4, -0.2) is 40.0 Å². The molecule has 0 bridgehead atoms. The lowest BCUT2D eigenvalue weighted by Gasteiger charge is -2.27. The van der Waals surface area contributed by atoms with E-state index in [2.05, 4.69) is 23.3 Å². The predicted octanol–water partition coefficient (Wildman–Crippen LogP) is 1.57. The Hall–Kier alpha value is -1.42. The molecule has 1 saturated heterocycles. The van der Waals surface area contributed by atoms with E-state index in [4.69, 9.17) is 9.47 Å². The summed E-state index contributed by atoms with van der Waals surface area (Å²) in [4.78, 5) is 2.32. The van der Waals surface area contributed by atoms with E-state index in [1.807, 2.05) is 12.1 Å². The van der Waals surface area contributed by atoms with E-state index in [9.17, 15) is 0 Å². The SMILES string of the molecule is COc1cccc2c1NCC1COCC1N2C. The van der Waals surface area contributed by atoms with E-state index in [1.165, 1.54) is 5.69 Å². The standard InChI is InChI=1S/C13H18N2O2/c1-15-10-4-3-5-12(16-2)13(10)14-6-9-7-17-8-11(9)15/h3-5,9,11,14H,6-8H2,1-2H3. The molecule has 3 rings (SSSR count). The van der Waals surface area contributed by atoms with Crippen LogP contribution in [0.3, 0.4) is 0 Å². The fraction of sp³-hybridized carbons (Fsp3) is 0.538. The van der Waals surface area contributed by atoms with Crippen LogP contribution in [0.4, 0.5) is 11.4 Å². The molecule has 0 radical (unpaired) electrons. The molecule has 2 heterocycles. The molecule has 1 aromatic carbocycles. The fourth-order valence-corrected chi connectivity index (χ4v) is 2.78. The molecular formula is C13H18N2O2. The number of benzene rings is 1. The number of nitrogens with one attached hydrogen (secondary N) is 1. The molecule has 1 fully saturated rings. The zero-order valence-corrected chi connectivity index (χ0v) is 10.3. The highest BCUT2D eigenvalue weighted by Gasteiger charge is 2.35. The van der Waals surface area contributed by atoms with Crippen molar-refractivity contribution in [3.05, 3.63) is 18.2 Å². The zero-order valence-electron chi connectivity index (χ0n) is 10.3. The molecule has 1 aromatic rings. The highest BCUT2D eigenvalue weighted by Crippen LogP contribution is 2.39. The molecule has 0 aliphatic carbocycles. The van der Waals surface area contributed by atoms with Crippen LogP contribution in [0, 0.1) is 5.92 Å². The van der Waals surface area contributed by atoms with Crippen molar-refractivity contribution in [3.63, 3.8) is 0 Å². The maximum absolute atomic E-state index is 5.58. The molecule has 4 nitrogen and oxygen atoms in total. The Morgan fingerprint density at radius 3 is 3.12 bits per heavy atom. The molecule has 0 aromatic heterocycles. The quantitative estimate of drug-likeness (QED) is 0.799. The molecule has 1 N–H and O–H groups in total. The second kappa shape index (κ2) is 4.11. The van der Waals surface area contributed by atoms with Gasteiger partial charge in [-0.15, -0.1) is 0 Å². The summed E-state index contributed by atoms with van der Waals surface area (Å²) < 4.78 is 11.0. The van der Waals surface area contributed by atoms with Crippen LogP contribution in [0.5, 0.6) is 5.75 Å². The van der Waals surface area contributed by atoms with Gasteiger partial charge in [-0.3, -0.25) is 0 Å². The molecular weight excluding hydrogens is 216 g/mol. The number of fused-ring (bicyclic) bond motifs is 2. The summed E-state index contributed by atoms with van der Waals surface area (Å²) in [6.45, 7) is 2.61. The van der Waals surface area contributed by atoms with Crippen LogP contribution in [0.25, 0.3) is 0 Å². The summed E-state index contributed by atoms with van der Waals surface area (Å²) >= 11 is 0. The molecule has 2 aliphatic heterocycles. The minimum absolute atomic E-state index is 0.468. The Labute approximate surface area is 102 Å². The lowest BCUT2D eigenvalue weighted by molar-refractivity contribution is 0.185. The molecule has 92 valence electrons. The van der Waals surface area contributed by atoms with Gasteiger partial charge in [0.2, 0.25) is 0 Å². The normalized spacial score (nSPS) is 26.8. The molecule has 0 saturated carbocycles. The average Bonchev–Trinajstić information content (AvgIpc) is 2.78. The fourth-order valence-electron chi connectivity index (χ4n) is 2.78. The Morgan fingerprint density at radius 2 is 2.29 bits per heavy atom. The lowest BCUT2D eigenvalue weighted by Crippen LogP contribution is -2.37. The topological polar surface area (TPSA) is 33.7 Å². The molecule has 2 aliphatic rings. The first kappa shape index (κ1) is 10.7. The second-order valence-corrected chi connectivity index (χ2v) is 4.71. The Morgan fingerprint density at radius 1 is 1.41 bits per heavy atom. The first-order chi connectivity index (χ1) is 8.31. The lowest BCUT2D eigenvalue weighted by atomic mass is 10.0. The van der Waals surface area contributed by atoms with Crippen LogP contribution in [0.2, 0.25) is 0 Å². The van der Waals surface area contributed by atoms with E-state index in [-0.39, 0.29) is 0 Å². The van der Waals surface area contributed by atoms with Gasteiger partial charge in [0.1, 0.15) is 11.4 Å². The van der Waals surface area contributed by atoms with Gasteiger partial charge >= 0.3 is 0 Å². The van der Waals surface area contributed by atoms with Crippen LogP contribution < -0.4 is 15.0 Å². The third-order valence-electron chi connectivity index (χ3n) is 3.81. The van der Waals surface area contributed by atoms with Gasteiger partial charge < -0.3 is 19.7 Å². The Kier molecular flexibility index (Phi) is 2.59. The highest BCUT2D eigenvalue weighted by atomic mass is 16.5. The van der Waals surface area contributed by atoms with E-state index in [0.717, 1.165) is 31.2 Å². The summed E-state index contributed by atoms with van der Waals surface area (Å²) in [7, 11) is 3.85. The number of hydrogen-bond donors (Lipinski definition) is 1. The third kappa shape index (κ3) is 1.63. The molecule has 0 amide bonds. The van der Waals surface area contributed by atoms with Gasteiger partial charge in [0.05, 0.1) is 32.1 Å². The van der Waals surface area contributed by atoms with Crippen LogP contribution in [0.1, 0.15) is 0 Å². The number of nitrogens with zero attached hydrogens (tertiary/aromatic N) is 1. The van der Waals surface area contributed by atoms with Gasteiger partial charge in [0.15, 0.2) is 0 Å². The number of ether oxygens (including phenoxy) is 2. The number of hydrogen-bond acceptors (Lipinski definition) is 4. The van der Waals surface area contributed by atoms with Gasteiger partial charge in [-0.2, -0.15) is 0 Å². The van der Waals surface area contributed by atoms with Crippen LogP contribution in [0.15, 0.2) is 18.2 Å². The van der Waals surface area contributed by atoms with Crippen molar-refractivity contribution in [3.8, 4) is 5.75 Å². The number of rotatable bonds is 1. The third-order valence-corrected chi connectivity index (χ3v) is 3.81. The van der Waals surface area contributed by atoms with Crippen molar-refractivity contribution in [1.82, 2.24) is 0 Å². The Bertz CT molecular complexity index is 422. The van der Waals surface area contributed by atoms with Crippen LogP contribution >= 0.6 is 0 Å². The van der Waals surface area contributed by atoms with E-state index in [1.54, 1.807) is 7.11 Å². The second-order valence-electron chi connectivity index (χ2n) is 4.71. The van der Waals surface area contributed by atoms with Crippen LogP contribution in [-0.2, 0) is 4.74 Å². The van der Waals surface area contributed by atoms with Gasteiger partial charge in [-0.05, 0) is 12.1 Å². The molecule has 4 heteroatoms. The summed E-state index contributed by atoms with van der Waals surface area (Å²) in [6.07, 6.45) is 0. The van der Waals surface area contributed by atoms with E-state index < -0.39 is 0 Å². The van der Waals surface area contributed by atoms with Crippen molar-refractivity contribution in [2.75, 3.05) is 44.1 Å². The minimum Gasteiger partial charge on any atom is -0.495 e. The number of likely N-dealkylation sites (N-methyl/N-ethyl adjacent to an activating group) is 1. The monoisotopic (exact) mass is 234 g/mol. The number of para-hydroxylation sites is 1.